The molecule has 1 heterocycles. The molecule has 100 valence electrons. The number of thioether (sulfide) groups is 1. The highest BCUT2D eigenvalue weighted by atomic mass is 32.2. The van der Waals surface area contributed by atoms with Crippen LogP contribution < -0.4 is 5.32 Å². The topological polar surface area (TPSA) is 66.4 Å². The van der Waals surface area contributed by atoms with Crippen molar-refractivity contribution in [2.45, 2.75) is 22.8 Å². The van der Waals surface area contributed by atoms with Crippen LogP contribution in [-0.4, -0.2) is 43.4 Å². The smallest absolute Gasteiger partial charge is 0.154 e. The third-order valence-electron chi connectivity index (χ3n) is 2.84. The monoisotopic (exact) mass is 287 g/mol. The van der Waals surface area contributed by atoms with E-state index in [-0.39, 0.29) is 16.8 Å². The molecule has 0 spiro atoms. The van der Waals surface area contributed by atoms with Gasteiger partial charge < -0.3 is 10.4 Å². The summed E-state index contributed by atoms with van der Waals surface area (Å²) in [5, 5.41) is 12.6. The molecule has 0 aromatic heterocycles. The highest BCUT2D eigenvalue weighted by Gasteiger charge is 2.36. The molecule has 0 aliphatic carbocycles. The first kappa shape index (κ1) is 13.9. The molecular weight excluding hydrogens is 270 g/mol. The molecule has 4 nitrogen and oxygen atoms in total. The van der Waals surface area contributed by atoms with E-state index in [1.807, 2.05) is 31.3 Å². The van der Waals surface area contributed by atoms with Gasteiger partial charge in [0.05, 0.1) is 22.9 Å². The second-order valence-corrected chi connectivity index (χ2v) is 7.94. The standard InChI is InChI=1S/C12H17NO3S2/c1-13-6-9-3-2-4-10(5-9)17-12-8-18(15,16)7-11(12)14/h2-5,11-14H,6-8H2,1H3. The summed E-state index contributed by atoms with van der Waals surface area (Å²) in [6.45, 7) is 0.778. The number of hydrogen-bond donors (Lipinski definition) is 2. The number of aliphatic hydroxyl groups is 1. The predicted molar refractivity (Wildman–Crippen MR) is 73.5 cm³/mol. The molecule has 2 rings (SSSR count). The quantitative estimate of drug-likeness (QED) is 0.851. The zero-order valence-corrected chi connectivity index (χ0v) is 11.8. The van der Waals surface area contributed by atoms with Crippen molar-refractivity contribution >= 4 is 21.6 Å². The van der Waals surface area contributed by atoms with Crippen LogP contribution in [0.2, 0.25) is 0 Å². The van der Waals surface area contributed by atoms with E-state index in [2.05, 4.69) is 5.32 Å². The number of aliphatic hydroxyl groups excluding tert-OH is 1. The fourth-order valence-electron chi connectivity index (χ4n) is 2.02. The fraction of sp³-hybridized carbons (Fsp3) is 0.500. The highest BCUT2D eigenvalue weighted by Crippen LogP contribution is 2.31. The van der Waals surface area contributed by atoms with Crippen molar-refractivity contribution in [3.05, 3.63) is 29.8 Å². The summed E-state index contributed by atoms with van der Waals surface area (Å²) in [5.74, 6) is -0.0457. The molecule has 6 heteroatoms. The van der Waals surface area contributed by atoms with E-state index in [9.17, 15) is 13.5 Å². The first-order valence-corrected chi connectivity index (χ1v) is 8.49. The molecule has 0 saturated carbocycles. The lowest BCUT2D eigenvalue weighted by molar-refractivity contribution is 0.207. The second-order valence-electron chi connectivity index (χ2n) is 4.48. The van der Waals surface area contributed by atoms with E-state index in [4.69, 9.17) is 0 Å². The van der Waals surface area contributed by atoms with E-state index in [1.54, 1.807) is 0 Å². The second kappa shape index (κ2) is 5.61. The Bertz CT molecular complexity index is 516. The summed E-state index contributed by atoms with van der Waals surface area (Å²) in [4.78, 5) is 1.00. The van der Waals surface area contributed by atoms with Crippen LogP contribution in [0.25, 0.3) is 0 Å². The zero-order chi connectivity index (χ0) is 13.2. The van der Waals surface area contributed by atoms with Gasteiger partial charge in [0.2, 0.25) is 0 Å². The number of rotatable bonds is 4. The van der Waals surface area contributed by atoms with Crippen LogP contribution in [0.15, 0.2) is 29.2 Å². The van der Waals surface area contributed by atoms with Crippen molar-refractivity contribution in [3.8, 4) is 0 Å². The molecule has 1 aliphatic rings. The van der Waals surface area contributed by atoms with Crippen molar-refractivity contribution < 1.29 is 13.5 Å². The normalized spacial score (nSPS) is 26.3. The van der Waals surface area contributed by atoms with Gasteiger partial charge in [-0.3, -0.25) is 0 Å². The molecule has 2 N–H and O–H groups in total. The molecule has 1 aromatic carbocycles. The minimum Gasteiger partial charge on any atom is -0.391 e. The maximum absolute atomic E-state index is 11.4. The Labute approximate surface area is 112 Å². The third kappa shape index (κ3) is 3.47. The van der Waals surface area contributed by atoms with Crippen molar-refractivity contribution in [3.63, 3.8) is 0 Å². The van der Waals surface area contributed by atoms with Gasteiger partial charge in [0, 0.05) is 11.4 Å². The summed E-state index contributed by atoms with van der Waals surface area (Å²) in [6, 6.07) is 7.94. The Morgan fingerprint density at radius 3 is 2.83 bits per heavy atom. The minimum absolute atomic E-state index is 0.0646. The van der Waals surface area contributed by atoms with Crippen LogP contribution in [0, 0.1) is 0 Å². The van der Waals surface area contributed by atoms with Crippen molar-refractivity contribution in [1.29, 1.82) is 0 Å². The van der Waals surface area contributed by atoms with Crippen molar-refractivity contribution in [2.75, 3.05) is 18.6 Å². The summed E-state index contributed by atoms with van der Waals surface area (Å²) in [7, 11) is -1.19. The Hall–Kier alpha value is -0.560. The van der Waals surface area contributed by atoms with Gasteiger partial charge in [-0.25, -0.2) is 8.42 Å². The lowest BCUT2D eigenvalue weighted by Gasteiger charge is -2.12. The maximum atomic E-state index is 11.4. The first-order chi connectivity index (χ1) is 8.50. The van der Waals surface area contributed by atoms with Crippen molar-refractivity contribution in [2.24, 2.45) is 0 Å². The minimum atomic E-state index is -3.07. The Kier molecular flexibility index (Phi) is 4.32. The fourth-order valence-corrected chi connectivity index (χ4v) is 5.62. The molecular formula is C12H17NO3S2. The van der Waals surface area contributed by atoms with Gasteiger partial charge in [-0.2, -0.15) is 0 Å². The van der Waals surface area contributed by atoms with Crippen LogP contribution in [0.1, 0.15) is 5.56 Å². The Balaban J connectivity index is 2.08. The average Bonchev–Trinajstić information content (AvgIpc) is 2.53. The molecule has 2 unspecified atom stereocenters. The summed E-state index contributed by atoms with van der Waals surface area (Å²) in [5.41, 5.74) is 1.15. The van der Waals surface area contributed by atoms with E-state index >= 15 is 0 Å². The lowest BCUT2D eigenvalue weighted by atomic mass is 10.2. The van der Waals surface area contributed by atoms with E-state index in [0.29, 0.717) is 0 Å². The van der Waals surface area contributed by atoms with Crippen LogP contribution in [0.5, 0.6) is 0 Å². The van der Waals surface area contributed by atoms with Gasteiger partial charge >= 0.3 is 0 Å². The first-order valence-electron chi connectivity index (χ1n) is 5.79. The maximum Gasteiger partial charge on any atom is 0.154 e. The summed E-state index contributed by atoms with van der Waals surface area (Å²) in [6.07, 6.45) is -0.757. The Morgan fingerprint density at radius 2 is 2.22 bits per heavy atom. The number of nitrogens with one attached hydrogen (secondary N) is 1. The number of sulfone groups is 1. The van der Waals surface area contributed by atoms with E-state index in [0.717, 1.165) is 17.0 Å². The molecule has 2 atom stereocenters. The van der Waals surface area contributed by atoms with Crippen LogP contribution in [0.4, 0.5) is 0 Å². The molecule has 1 aliphatic heterocycles. The predicted octanol–water partition coefficient (Wildman–Crippen LogP) is 0.656. The highest BCUT2D eigenvalue weighted by molar-refractivity contribution is 8.02. The van der Waals surface area contributed by atoms with Gasteiger partial charge in [0.1, 0.15) is 0 Å². The van der Waals surface area contributed by atoms with Gasteiger partial charge in [0.25, 0.3) is 0 Å². The zero-order valence-electron chi connectivity index (χ0n) is 10.2. The average molecular weight is 287 g/mol. The van der Waals surface area contributed by atoms with Crippen LogP contribution in [-0.2, 0) is 16.4 Å². The molecule has 0 radical (unpaired) electrons. The number of benzene rings is 1. The molecule has 0 bridgehead atoms. The largest absolute Gasteiger partial charge is 0.391 e. The van der Waals surface area contributed by atoms with Crippen LogP contribution >= 0.6 is 11.8 Å². The summed E-state index contributed by atoms with van der Waals surface area (Å²) < 4.78 is 22.9. The van der Waals surface area contributed by atoms with E-state index in [1.165, 1.54) is 11.8 Å². The van der Waals surface area contributed by atoms with E-state index < -0.39 is 15.9 Å². The molecule has 0 amide bonds. The Morgan fingerprint density at radius 1 is 1.44 bits per heavy atom. The third-order valence-corrected chi connectivity index (χ3v) is 6.08. The molecule has 18 heavy (non-hydrogen) atoms. The van der Waals surface area contributed by atoms with Gasteiger partial charge in [-0.15, -0.1) is 11.8 Å². The molecule has 1 fully saturated rings. The lowest BCUT2D eigenvalue weighted by Crippen LogP contribution is -2.19. The van der Waals surface area contributed by atoms with Crippen LogP contribution in [0.3, 0.4) is 0 Å². The molecule has 1 saturated heterocycles. The number of hydrogen-bond acceptors (Lipinski definition) is 5. The van der Waals surface area contributed by atoms with Crippen molar-refractivity contribution in [1.82, 2.24) is 5.32 Å². The van der Waals surface area contributed by atoms with Gasteiger partial charge in [-0.05, 0) is 24.7 Å². The molecule has 1 aromatic rings. The summed E-state index contributed by atoms with van der Waals surface area (Å²) >= 11 is 1.44. The van der Waals surface area contributed by atoms with Gasteiger partial charge in [0.15, 0.2) is 9.84 Å². The van der Waals surface area contributed by atoms with Gasteiger partial charge in [-0.1, -0.05) is 12.1 Å². The SMILES string of the molecule is CNCc1cccc(SC2CS(=O)(=O)CC2O)c1.